The summed E-state index contributed by atoms with van der Waals surface area (Å²) in [5.41, 5.74) is 0.387. The lowest BCUT2D eigenvalue weighted by molar-refractivity contribution is -0.137. The van der Waals surface area contributed by atoms with Crippen molar-refractivity contribution in [3.8, 4) is 0 Å². The number of carbonyl (C=O) groups excluding carboxylic acids is 3. The third-order valence-corrected chi connectivity index (χ3v) is 7.46. The van der Waals surface area contributed by atoms with Gasteiger partial charge in [-0.15, -0.1) is 0 Å². The van der Waals surface area contributed by atoms with E-state index in [9.17, 15) is 27.6 Å². The van der Waals surface area contributed by atoms with E-state index in [0.29, 0.717) is 17.2 Å². The van der Waals surface area contributed by atoms with Gasteiger partial charge < -0.3 is 0 Å². The maximum Gasteiger partial charge on any atom is 0.417 e. The molecule has 3 aliphatic heterocycles. The molecule has 0 saturated carbocycles. The number of Topliss-reactive ketones (excluding diaryl/α,β-unsaturated/α-hetero) is 1. The molecule has 37 heavy (non-hydrogen) atoms. The van der Waals surface area contributed by atoms with Gasteiger partial charge in [-0.2, -0.15) is 18.3 Å². The summed E-state index contributed by atoms with van der Waals surface area (Å²) >= 11 is 5.76. The van der Waals surface area contributed by atoms with Gasteiger partial charge in [0.2, 0.25) is 11.8 Å². The summed E-state index contributed by atoms with van der Waals surface area (Å²) in [5.74, 6) is -3.99. The number of nitrogens with zero attached hydrogens (tertiary/aromatic N) is 3. The lowest BCUT2D eigenvalue weighted by Gasteiger charge is -2.33. The van der Waals surface area contributed by atoms with Crippen LogP contribution in [0.15, 0.2) is 77.9 Å². The number of ketones is 1. The van der Waals surface area contributed by atoms with Gasteiger partial charge >= 0.3 is 6.18 Å². The molecule has 6 rings (SSSR count). The first-order valence-electron chi connectivity index (χ1n) is 11.4. The van der Waals surface area contributed by atoms with Crippen LogP contribution >= 0.6 is 11.6 Å². The minimum atomic E-state index is -4.78. The highest BCUT2D eigenvalue weighted by Gasteiger charge is 2.65. The number of fused-ring (bicyclic) bond motifs is 5. The average Bonchev–Trinajstić information content (AvgIpc) is 3.36. The van der Waals surface area contributed by atoms with Crippen LogP contribution in [-0.2, 0) is 15.8 Å². The van der Waals surface area contributed by atoms with Crippen LogP contribution in [0.4, 0.5) is 18.9 Å². The van der Waals surface area contributed by atoms with E-state index in [4.69, 9.17) is 11.6 Å². The number of amides is 2. The number of hydrogen-bond acceptors (Lipinski definition) is 5. The van der Waals surface area contributed by atoms with Gasteiger partial charge in [-0.05, 0) is 29.3 Å². The van der Waals surface area contributed by atoms with Crippen molar-refractivity contribution in [2.24, 2.45) is 16.9 Å². The van der Waals surface area contributed by atoms with Crippen molar-refractivity contribution in [2.75, 3.05) is 4.90 Å². The molecule has 0 radical (unpaired) electrons. The number of imide groups is 1. The summed E-state index contributed by atoms with van der Waals surface area (Å²) in [5, 5.41) is 5.42. The Balaban J connectivity index is 1.49. The fourth-order valence-corrected chi connectivity index (χ4v) is 5.79. The van der Waals surface area contributed by atoms with E-state index in [-0.39, 0.29) is 5.69 Å². The summed E-state index contributed by atoms with van der Waals surface area (Å²) in [6.07, 6.45) is -3.20. The number of halogens is 4. The number of hydrogen-bond donors (Lipinski definition) is 0. The molecular formula is C27H17ClF3N3O3. The largest absolute Gasteiger partial charge is 0.417 e. The van der Waals surface area contributed by atoms with E-state index in [2.05, 4.69) is 5.10 Å². The van der Waals surface area contributed by atoms with Crippen molar-refractivity contribution >= 4 is 41.1 Å². The molecule has 10 heteroatoms. The lowest BCUT2D eigenvalue weighted by atomic mass is 9.83. The molecule has 0 N–H and O–H groups in total. The Hall–Kier alpha value is -3.98. The maximum absolute atomic E-state index is 13.8. The topological polar surface area (TPSA) is 70.0 Å². The molecule has 3 heterocycles. The second-order valence-electron chi connectivity index (χ2n) is 9.10. The van der Waals surface area contributed by atoms with Crippen molar-refractivity contribution in [3.05, 3.63) is 100 Å². The molecule has 4 atom stereocenters. The molecular weight excluding hydrogens is 507 g/mol. The number of rotatable bonds is 3. The van der Waals surface area contributed by atoms with E-state index in [1.54, 1.807) is 54.7 Å². The van der Waals surface area contributed by atoms with Crippen LogP contribution in [0.5, 0.6) is 0 Å². The van der Waals surface area contributed by atoms with Gasteiger partial charge in [0.05, 0.1) is 40.4 Å². The maximum atomic E-state index is 13.8. The first kappa shape index (κ1) is 23.4. The highest BCUT2D eigenvalue weighted by atomic mass is 35.5. The third kappa shape index (κ3) is 3.48. The fraction of sp³-hybridized carbons (Fsp3) is 0.185. The van der Waals surface area contributed by atoms with Crippen molar-refractivity contribution in [1.29, 1.82) is 0 Å². The van der Waals surface area contributed by atoms with Crippen molar-refractivity contribution in [2.45, 2.75) is 18.3 Å². The number of anilines is 1. The summed E-state index contributed by atoms with van der Waals surface area (Å²) in [7, 11) is 0. The zero-order valence-electron chi connectivity index (χ0n) is 18.9. The van der Waals surface area contributed by atoms with Crippen LogP contribution < -0.4 is 4.90 Å². The van der Waals surface area contributed by atoms with Crippen molar-refractivity contribution in [1.82, 2.24) is 5.01 Å². The summed E-state index contributed by atoms with van der Waals surface area (Å²) in [4.78, 5) is 42.1. The molecule has 3 aliphatic rings. The van der Waals surface area contributed by atoms with Gasteiger partial charge in [-0.1, -0.05) is 66.2 Å². The molecule has 2 amide bonds. The molecule has 0 aliphatic carbocycles. The van der Waals surface area contributed by atoms with Gasteiger partial charge in [-0.3, -0.25) is 19.4 Å². The van der Waals surface area contributed by atoms with E-state index < -0.39 is 58.3 Å². The molecule has 0 unspecified atom stereocenters. The number of alkyl halides is 3. The molecule has 6 nitrogen and oxygen atoms in total. The SMILES string of the molecule is O=C(c1ccccc1)[C@@H]1[C@@H]2C(=O)N(c3ccc(Cl)c(C(F)(F)F)c3)C(=O)[C@H]2[C@H]2c3ccccc3C=NN12. The van der Waals surface area contributed by atoms with Crippen LogP contribution in [0.1, 0.15) is 33.1 Å². The average molecular weight is 524 g/mol. The van der Waals surface area contributed by atoms with Gasteiger partial charge in [0, 0.05) is 5.56 Å². The quantitative estimate of drug-likeness (QED) is 0.353. The van der Waals surface area contributed by atoms with Crippen molar-refractivity contribution < 1.29 is 27.6 Å². The number of carbonyl (C=O) groups is 3. The van der Waals surface area contributed by atoms with E-state index in [0.717, 1.165) is 16.5 Å². The Kier molecular flexibility index (Phi) is 5.24. The molecule has 2 saturated heterocycles. The Morgan fingerprint density at radius 1 is 0.892 bits per heavy atom. The van der Waals surface area contributed by atoms with E-state index in [1.807, 2.05) is 6.07 Å². The molecule has 3 aromatic carbocycles. The predicted octanol–water partition coefficient (Wildman–Crippen LogP) is 5.12. The fourth-order valence-electron chi connectivity index (χ4n) is 5.57. The first-order valence-corrected chi connectivity index (χ1v) is 11.8. The normalized spacial score (nSPS) is 24.2. The third-order valence-electron chi connectivity index (χ3n) is 7.13. The van der Waals surface area contributed by atoms with Crippen LogP contribution in [-0.4, -0.2) is 34.9 Å². The molecule has 3 aromatic rings. The molecule has 0 aromatic heterocycles. The monoisotopic (exact) mass is 523 g/mol. The van der Waals surface area contributed by atoms with Crippen LogP contribution in [0.25, 0.3) is 0 Å². The number of hydrazone groups is 1. The van der Waals surface area contributed by atoms with E-state index in [1.165, 1.54) is 11.1 Å². The van der Waals surface area contributed by atoms with Gasteiger partial charge in [0.25, 0.3) is 0 Å². The van der Waals surface area contributed by atoms with Crippen LogP contribution in [0, 0.1) is 11.8 Å². The predicted molar refractivity (Wildman–Crippen MR) is 129 cm³/mol. The first-order chi connectivity index (χ1) is 17.7. The molecule has 0 spiro atoms. The Bertz CT molecular complexity index is 1490. The lowest BCUT2D eigenvalue weighted by Crippen LogP contribution is -2.44. The zero-order valence-corrected chi connectivity index (χ0v) is 19.6. The molecule has 2 fully saturated rings. The minimum Gasteiger partial charge on any atom is -0.292 e. The molecule has 186 valence electrons. The van der Waals surface area contributed by atoms with Gasteiger partial charge in [0.1, 0.15) is 6.04 Å². The highest BCUT2D eigenvalue weighted by molar-refractivity contribution is 6.32. The second-order valence-corrected chi connectivity index (χ2v) is 9.51. The van der Waals surface area contributed by atoms with Gasteiger partial charge in [-0.25, -0.2) is 4.90 Å². The Labute approximate surface area is 213 Å². The summed E-state index contributed by atoms with van der Waals surface area (Å²) in [6, 6.07) is 16.6. The summed E-state index contributed by atoms with van der Waals surface area (Å²) < 4.78 is 40.6. The Morgan fingerprint density at radius 3 is 2.30 bits per heavy atom. The Morgan fingerprint density at radius 2 is 1.57 bits per heavy atom. The molecule has 0 bridgehead atoms. The van der Waals surface area contributed by atoms with E-state index >= 15 is 0 Å². The smallest absolute Gasteiger partial charge is 0.292 e. The standard InChI is InChI=1S/C27H17ClF3N3O3/c28-19-11-10-16(12-18(19)27(29,30)31)33-25(36)20-21(26(33)37)23(24(35)14-6-2-1-3-7-14)34-22(20)17-9-5-4-8-15(17)13-32-34/h1-13,20-23H/t20-,21-,22-,23+/m1/s1. The summed E-state index contributed by atoms with van der Waals surface area (Å²) in [6.45, 7) is 0. The van der Waals surface area contributed by atoms with Crippen molar-refractivity contribution in [3.63, 3.8) is 0 Å². The second kappa shape index (κ2) is 8.27. The van der Waals surface area contributed by atoms with Crippen LogP contribution in [0.2, 0.25) is 5.02 Å². The number of benzene rings is 3. The van der Waals surface area contributed by atoms with Crippen LogP contribution in [0.3, 0.4) is 0 Å². The van der Waals surface area contributed by atoms with Gasteiger partial charge in [0.15, 0.2) is 5.78 Å². The zero-order chi connectivity index (χ0) is 26.1. The highest BCUT2D eigenvalue weighted by Crippen LogP contribution is 2.53. The minimum absolute atomic E-state index is 0.244.